The zero-order chi connectivity index (χ0) is 17.0. The summed E-state index contributed by atoms with van der Waals surface area (Å²) in [6.07, 6.45) is 3.30. The average Bonchev–Trinajstić information content (AvgIpc) is 2.59. The van der Waals surface area contributed by atoms with Gasteiger partial charge in [0.2, 0.25) is 0 Å². The second-order valence-electron chi connectivity index (χ2n) is 5.82. The number of carbonyl (C=O) groups is 3. The monoisotopic (exact) mass is 324 g/mol. The summed E-state index contributed by atoms with van der Waals surface area (Å²) in [5, 5.41) is 0. The van der Waals surface area contributed by atoms with E-state index in [1.165, 1.54) is 0 Å². The Morgan fingerprint density at radius 2 is 1.78 bits per heavy atom. The average molecular weight is 324 g/mol. The molecule has 0 aromatic heterocycles. The molecule has 0 unspecified atom stereocenters. The third kappa shape index (κ3) is 2.92. The molecule has 0 aromatic carbocycles. The number of hydrogen-bond acceptors (Lipinski definition) is 6. The van der Waals surface area contributed by atoms with Crippen molar-refractivity contribution in [3.8, 4) is 0 Å². The molecule has 0 aliphatic heterocycles. The molecular weight excluding hydrogens is 300 g/mol. The van der Waals surface area contributed by atoms with Crippen LogP contribution in [0.15, 0.2) is 11.6 Å². The van der Waals surface area contributed by atoms with Gasteiger partial charge in [0.05, 0.1) is 19.3 Å². The molecule has 0 spiro atoms. The van der Waals surface area contributed by atoms with E-state index in [0.29, 0.717) is 19.3 Å². The molecule has 0 amide bonds. The smallest absolute Gasteiger partial charge is 0.328 e. The Morgan fingerprint density at radius 3 is 2.30 bits per heavy atom. The fraction of sp³-hybridized carbons (Fsp3) is 0.706. The Kier molecular flexibility index (Phi) is 5.57. The molecule has 0 saturated heterocycles. The molecule has 0 heterocycles. The Morgan fingerprint density at radius 1 is 1.17 bits per heavy atom. The number of ketones is 1. The molecule has 0 radical (unpaired) electrons. The highest BCUT2D eigenvalue weighted by Crippen LogP contribution is 2.46. The largest absolute Gasteiger partial charge is 0.465 e. The Labute approximate surface area is 136 Å². The van der Waals surface area contributed by atoms with Crippen molar-refractivity contribution < 1.29 is 28.6 Å². The van der Waals surface area contributed by atoms with Crippen molar-refractivity contribution in [1.29, 1.82) is 0 Å². The summed E-state index contributed by atoms with van der Waals surface area (Å²) in [5.41, 5.74) is -1.43. The highest BCUT2D eigenvalue weighted by atomic mass is 16.6. The number of ether oxygens (including phenoxy) is 3. The van der Waals surface area contributed by atoms with E-state index in [1.807, 2.05) is 0 Å². The van der Waals surface area contributed by atoms with E-state index < -0.39 is 17.4 Å². The maximum Gasteiger partial charge on any atom is 0.328 e. The van der Waals surface area contributed by atoms with E-state index in [4.69, 9.17) is 14.2 Å². The lowest BCUT2D eigenvalue weighted by atomic mass is 9.72. The molecule has 6 nitrogen and oxygen atoms in total. The number of rotatable bonds is 5. The summed E-state index contributed by atoms with van der Waals surface area (Å²) < 4.78 is 15.7. The SMILES string of the molecule is CCOC(=O)C1(C(=O)OCC)CC[C@H](OC)[C@H]2CCC=C1C2=O. The molecule has 2 bridgehead atoms. The van der Waals surface area contributed by atoms with Crippen LogP contribution < -0.4 is 0 Å². The second kappa shape index (κ2) is 7.25. The van der Waals surface area contributed by atoms with Gasteiger partial charge < -0.3 is 14.2 Å². The van der Waals surface area contributed by atoms with Crippen LogP contribution in [0.2, 0.25) is 0 Å². The third-order valence-corrected chi connectivity index (χ3v) is 4.69. The predicted octanol–water partition coefficient (Wildman–Crippen LogP) is 1.81. The van der Waals surface area contributed by atoms with Crippen molar-refractivity contribution in [3.63, 3.8) is 0 Å². The van der Waals surface area contributed by atoms with E-state index in [1.54, 1.807) is 27.0 Å². The minimum absolute atomic E-state index is 0.137. The van der Waals surface area contributed by atoms with Crippen molar-refractivity contribution in [2.24, 2.45) is 11.3 Å². The highest BCUT2D eigenvalue weighted by Gasteiger charge is 2.58. The third-order valence-electron chi connectivity index (χ3n) is 4.69. The number of hydrogen-bond donors (Lipinski definition) is 0. The van der Waals surface area contributed by atoms with Gasteiger partial charge in [-0.3, -0.25) is 14.4 Å². The second-order valence-corrected chi connectivity index (χ2v) is 5.82. The van der Waals surface area contributed by atoms with Crippen LogP contribution in [-0.2, 0) is 28.6 Å². The summed E-state index contributed by atoms with van der Waals surface area (Å²) in [7, 11) is 1.55. The zero-order valence-corrected chi connectivity index (χ0v) is 13.9. The van der Waals surface area contributed by atoms with E-state index in [0.717, 1.165) is 0 Å². The van der Waals surface area contributed by atoms with E-state index >= 15 is 0 Å². The van der Waals surface area contributed by atoms with Crippen LogP contribution in [0.25, 0.3) is 0 Å². The Hall–Kier alpha value is -1.69. The van der Waals surface area contributed by atoms with Gasteiger partial charge in [0.15, 0.2) is 11.2 Å². The molecule has 2 atom stereocenters. The van der Waals surface area contributed by atoms with E-state index in [9.17, 15) is 14.4 Å². The molecule has 2 aliphatic carbocycles. The van der Waals surface area contributed by atoms with E-state index in [-0.39, 0.29) is 43.0 Å². The number of fused-ring (bicyclic) bond motifs is 2. The van der Waals surface area contributed by atoms with Gasteiger partial charge in [-0.2, -0.15) is 0 Å². The summed E-state index contributed by atoms with van der Waals surface area (Å²) >= 11 is 0. The van der Waals surface area contributed by atoms with Crippen LogP contribution in [0.1, 0.15) is 39.5 Å². The maximum absolute atomic E-state index is 12.9. The number of methoxy groups -OCH3 is 1. The first-order chi connectivity index (χ1) is 11.0. The van der Waals surface area contributed by atoms with Crippen LogP contribution in [0, 0.1) is 11.3 Å². The van der Waals surface area contributed by atoms with Gasteiger partial charge in [-0.05, 0) is 39.5 Å². The lowest BCUT2D eigenvalue weighted by Gasteiger charge is -2.31. The standard InChI is InChI=1S/C17H24O6/c1-4-22-15(19)17(16(20)23-5-2)10-9-13(21-3)11-7-6-8-12(17)14(11)18/h8,11,13H,4-7,9-10H2,1-3H3/t11-,13+/m1/s1. The molecule has 2 rings (SSSR count). The summed E-state index contributed by atoms with van der Waals surface area (Å²) in [4.78, 5) is 38.2. The highest BCUT2D eigenvalue weighted by molar-refractivity contribution is 6.15. The molecule has 23 heavy (non-hydrogen) atoms. The first-order valence-electron chi connectivity index (χ1n) is 8.15. The first-order valence-corrected chi connectivity index (χ1v) is 8.15. The van der Waals surface area contributed by atoms with Gasteiger partial charge in [-0.15, -0.1) is 0 Å². The molecule has 1 saturated carbocycles. The number of carbonyl (C=O) groups excluding carboxylic acids is 3. The van der Waals surface area contributed by atoms with Crippen molar-refractivity contribution in [2.75, 3.05) is 20.3 Å². The number of allylic oxidation sites excluding steroid dienone is 1. The van der Waals surface area contributed by atoms with Crippen molar-refractivity contribution in [1.82, 2.24) is 0 Å². The van der Waals surface area contributed by atoms with Crippen molar-refractivity contribution in [3.05, 3.63) is 11.6 Å². The molecule has 6 heteroatoms. The number of esters is 2. The van der Waals surface area contributed by atoms with Gasteiger partial charge in [-0.1, -0.05) is 6.08 Å². The van der Waals surface area contributed by atoms with Gasteiger partial charge in [0, 0.05) is 18.6 Å². The Bertz CT molecular complexity index is 503. The minimum Gasteiger partial charge on any atom is -0.465 e. The van der Waals surface area contributed by atoms with Crippen LogP contribution in [0.5, 0.6) is 0 Å². The van der Waals surface area contributed by atoms with Gasteiger partial charge in [-0.25, -0.2) is 0 Å². The molecule has 0 N–H and O–H groups in total. The quantitative estimate of drug-likeness (QED) is 0.567. The fourth-order valence-electron chi connectivity index (χ4n) is 3.57. The summed E-state index contributed by atoms with van der Waals surface area (Å²) in [6, 6.07) is 0. The van der Waals surface area contributed by atoms with Crippen LogP contribution in [-0.4, -0.2) is 44.1 Å². The molecule has 2 aliphatic rings. The van der Waals surface area contributed by atoms with Gasteiger partial charge >= 0.3 is 11.9 Å². The fourth-order valence-corrected chi connectivity index (χ4v) is 3.57. The zero-order valence-electron chi connectivity index (χ0n) is 13.9. The number of Topliss-reactive ketones (excluding diaryl/α,β-unsaturated/α-hetero) is 1. The predicted molar refractivity (Wildman–Crippen MR) is 81.5 cm³/mol. The van der Waals surface area contributed by atoms with Crippen LogP contribution >= 0.6 is 0 Å². The molecule has 1 fully saturated rings. The molecular formula is C17H24O6. The van der Waals surface area contributed by atoms with Crippen LogP contribution in [0.3, 0.4) is 0 Å². The molecule has 0 aromatic rings. The van der Waals surface area contributed by atoms with Crippen molar-refractivity contribution in [2.45, 2.75) is 45.6 Å². The Balaban J connectivity index is 2.54. The molecule has 128 valence electrons. The topological polar surface area (TPSA) is 78.9 Å². The van der Waals surface area contributed by atoms with E-state index in [2.05, 4.69) is 0 Å². The maximum atomic E-state index is 12.9. The lowest BCUT2D eigenvalue weighted by Crippen LogP contribution is -2.46. The lowest BCUT2D eigenvalue weighted by molar-refractivity contribution is -0.170. The van der Waals surface area contributed by atoms with Crippen molar-refractivity contribution >= 4 is 17.7 Å². The van der Waals surface area contributed by atoms with Crippen LogP contribution in [0.4, 0.5) is 0 Å². The first kappa shape index (κ1) is 17.7. The van der Waals surface area contributed by atoms with Gasteiger partial charge in [0.25, 0.3) is 0 Å². The normalized spacial score (nSPS) is 26.0. The minimum atomic E-state index is -1.66. The summed E-state index contributed by atoms with van der Waals surface area (Å²) in [5.74, 6) is -1.90. The van der Waals surface area contributed by atoms with Gasteiger partial charge in [0.1, 0.15) is 0 Å². The summed E-state index contributed by atoms with van der Waals surface area (Å²) in [6.45, 7) is 3.62.